The number of benzene rings is 3. The van der Waals surface area contributed by atoms with Crippen LogP contribution in [0.15, 0.2) is 83.0 Å². The van der Waals surface area contributed by atoms with Gasteiger partial charge >= 0.3 is 0 Å². The lowest BCUT2D eigenvalue weighted by atomic mass is 10.1. The summed E-state index contributed by atoms with van der Waals surface area (Å²) in [4.78, 5) is 25.7. The Balaban J connectivity index is 1.52. The van der Waals surface area contributed by atoms with Crippen molar-refractivity contribution in [3.8, 4) is 11.5 Å². The third-order valence-electron chi connectivity index (χ3n) is 4.83. The fourth-order valence-corrected chi connectivity index (χ4v) is 3.61. The molecule has 0 fully saturated rings. The van der Waals surface area contributed by atoms with E-state index >= 15 is 0 Å². The number of rotatable bonds is 7. The molecule has 4 rings (SSSR count). The molecular formula is C25H21BrN2O4. The minimum absolute atomic E-state index is 0.141. The zero-order chi connectivity index (χ0) is 22.3. The predicted octanol–water partition coefficient (Wildman–Crippen LogP) is 4.31. The first-order valence-electron chi connectivity index (χ1n) is 10.1. The van der Waals surface area contributed by atoms with E-state index in [0.29, 0.717) is 35.6 Å². The van der Waals surface area contributed by atoms with Crippen molar-refractivity contribution in [3.05, 3.63) is 99.7 Å². The van der Waals surface area contributed by atoms with E-state index in [1.807, 2.05) is 36.4 Å². The Kier molecular flexibility index (Phi) is 6.87. The number of halogens is 1. The van der Waals surface area contributed by atoms with E-state index in [1.54, 1.807) is 42.5 Å². The van der Waals surface area contributed by atoms with Gasteiger partial charge in [-0.3, -0.25) is 9.59 Å². The maximum absolute atomic E-state index is 12.9. The van der Waals surface area contributed by atoms with Gasteiger partial charge < -0.3 is 20.1 Å². The summed E-state index contributed by atoms with van der Waals surface area (Å²) in [5, 5.41) is 5.63. The highest BCUT2D eigenvalue weighted by Gasteiger charge is 2.17. The molecule has 0 unspecified atom stereocenters. The van der Waals surface area contributed by atoms with E-state index in [-0.39, 0.29) is 24.3 Å². The number of hydrogen-bond acceptors (Lipinski definition) is 4. The highest BCUT2D eigenvalue weighted by Crippen LogP contribution is 2.33. The molecule has 0 bridgehead atoms. The van der Waals surface area contributed by atoms with E-state index in [9.17, 15) is 9.59 Å². The molecule has 1 aliphatic heterocycles. The van der Waals surface area contributed by atoms with Crippen molar-refractivity contribution in [2.75, 3.05) is 13.3 Å². The first-order valence-corrected chi connectivity index (χ1v) is 10.9. The molecule has 0 atom stereocenters. The molecule has 3 aromatic rings. The first kappa shape index (κ1) is 21.6. The van der Waals surface area contributed by atoms with E-state index in [1.165, 1.54) is 0 Å². The normalized spacial score (nSPS) is 12.3. The summed E-state index contributed by atoms with van der Waals surface area (Å²) in [6.45, 7) is 0.600. The topological polar surface area (TPSA) is 76.7 Å². The molecule has 6 nitrogen and oxygen atoms in total. The maximum atomic E-state index is 12.9. The highest BCUT2D eigenvalue weighted by molar-refractivity contribution is 9.10. The van der Waals surface area contributed by atoms with Gasteiger partial charge in [-0.1, -0.05) is 58.4 Å². The van der Waals surface area contributed by atoms with Crippen LogP contribution in [-0.4, -0.2) is 25.2 Å². The second kappa shape index (κ2) is 10.2. The summed E-state index contributed by atoms with van der Waals surface area (Å²) in [6, 6.07) is 22.2. The second-order valence-corrected chi connectivity index (χ2v) is 8.04. The van der Waals surface area contributed by atoms with Crippen LogP contribution in [0.3, 0.4) is 0 Å². The van der Waals surface area contributed by atoms with Gasteiger partial charge in [0.2, 0.25) is 6.79 Å². The molecule has 162 valence electrons. The largest absolute Gasteiger partial charge is 0.454 e. The van der Waals surface area contributed by atoms with Gasteiger partial charge in [0, 0.05) is 16.6 Å². The quantitative estimate of drug-likeness (QED) is 0.481. The standard InChI is InChI=1S/C25H21BrN2O4/c26-20-8-4-7-19(15-20)24(29)28-21(13-18-9-10-22-23(14-18)32-16-31-22)25(30)27-12-11-17-5-2-1-3-6-17/h1-10,13-15H,11-12,16H2,(H,27,30)(H,28,29). The molecule has 3 aromatic carbocycles. The van der Waals surface area contributed by atoms with Gasteiger partial charge in [-0.15, -0.1) is 0 Å². The van der Waals surface area contributed by atoms with Gasteiger partial charge in [0.25, 0.3) is 11.8 Å². The number of amides is 2. The van der Waals surface area contributed by atoms with Crippen molar-refractivity contribution in [1.82, 2.24) is 10.6 Å². The molecule has 0 saturated carbocycles. The van der Waals surface area contributed by atoms with Gasteiger partial charge in [-0.25, -0.2) is 0 Å². The smallest absolute Gasteiger partial charge is 0.267 e. The van der Waals surface area contributed by atoms with Gasteiger partial charge in [0.15, 0.2) is 11.5 Å². The zero-order valence-corrected chi connectivity index (χ0v) is 18.7. The van der Waals surface area contributed by atoms with Crippen LogP contribution in [0.1, 0.15) is 21.5 Å². The summed E-state index contributed by atoms with van der Waals surface area (Å²) >= 11 is 3.36. The number of carbonyl (C=O) groups excluding carboxylic acids is 2. The fourth-order valence-electron chi connectivity index (χ4n) is 3.21. The Bertz CT molecular complexity index is 1160. The molecule has 0 saturated heterocycles. The van der Waals surface area contributed by atoms with E-state index in [4.69, 9.17) is 9.47 Å². The Hall–Kier alpha value is -3.58. The van der Waals surface area contributed by atoms with Crippen molar-refractivity contribution in [3.63, 3.8) is 0 Å². The Morgan fingerprint density at radius 1 is 0.938 bits per heavy atom. The second-order valence-electron chi connectivity index (χ2n) is 7.13. The van der Waals surface area contributed by atoms with Crippen LogP contribution in [0.4, 0.5) is 0 Å². The molecular weight excluding hydrogens is 472 g/mol. The van der Waals surface area contributed by atoms with E-state index in [2.05, 4.69) is 26.6 Å². The molecule has 2 amide bonds. The Morgan fingerprint density at radius 2 is 1.75 bits per heavy atom. The van der Waals surface area contributed by atoms with Crippen LogP contribution in [-0.2, 0) is 11.2 Å². The summed E-state index contributed by atoms with van der Waals surface area (Å²) < 4.78 is 11.5. The minimum atomic E-state index is -0.378. The molecule has 0 aliphatic carbocycles. The average molecular weight is 493 g/mol. The third kappa shape index (κ3) is 5.56. The Morgan fingerprint density at radius 3 is 2.56 bits per heavy atom. The monoisotopic (exact) mass is 492 g/mol. The van der Waals surface area contributed by atoms with Crippen molar-refractivity contribution in [2.45, 2.75) is 6.42 Å². The third-order valence-corrected chi connectivity index (χ3v) is 5.32. The molecule has 2 N–H and O–H groups in total. The first-order chi connectivity index (χ1) is 15.6. The molecule has 0 spiro atoms. The van der Waals surface area contributed by atoms with Gasteiger partial charge in [-0.2, -0.15) is 0 Å². The van der Waals surface area contributed by atoms with Gasteiger partial charge in [-0.05, 0) is 54.0 Å². The highest BCUT2D eigenvalue weighted by atomic mass is 79.9. The maximum Gasteiger partial charge on any atom is 0.267 e. The van der Waals surface area contributed by atoms with Crippen LogP contribution < -0.4 is 20.1 Å². The van der Waals surface area contributed by atoms with Crippen LogP contribution in [0.2, 0.25) is 0 Å². The summed E-state index contributed by atoms with van der Waals surface area (Å²) in [5.41, 5.74) is 2.40. The predicted molar refractivity (Wildman–Crippen MR) is 125 cm³/mol. The van der Waals surface area contributed by atoms with Crippen molar-refractivity contribution in [2.24, 2.45) is 0 Å². The lowest BCUT2D eigenvalue weighted by Gasteiger charge is -2.12. The molecule has 32 heavy (non-hydrogen) atoms. The van der Waals surface area contributed by atoms with Crippen molar-refractivity contribution < 1.29 is 19.1 Å². The van der Waals surface area contributed by atoms with Crippen LogP contribution in [0.5, 0.6) is 11.5 Å². The van der Waals surface area contributed by atoms with Crippen LogP contribution in [0.25, 0.3) is 6.08 Å². The van der Waals surface area contributed by atoms with Gasteiger partial charge in [0.05, 0.1) is 0 Å². The van der Waals surface area contributed by atoms with Crippen LogP contribution in [0, 0.1) is 0 Å². The van der Waals surface area contributed by atoms with Crippen LogP contribution >= 0.6 is 15.9 Å². The van der Waals surface area contributed by atoms with Crippen molar-refractivity contribution >= 4 is 33.8 Å². The number of ether oxygens (including phenoxy) is 2. The molecule has 1 aliphatic rings. The molecule has 0 aromatic heterocycles. The Labute approximate surface area is 194 Å². The van der Waals surface area contributed by atoms with Crippen molar-refractivity contribution in [1.29, 1.82) is 0 Å². The summed E-state index contributed by atoms with van der Waals surface area (Å²) in [5.74, 6) is 0.494. The number of carbonyl (C=O) groups is 2. The molecule has 1 heterocycles. The number of fused-ring (bicyclic) bond motifs is 1. The minimum Gasteiger partial charge on any atom is -0.454 e. The average Bonchev–Trinajstić information content (AvgIpc) is 3.27. The number of hydrogen-bond donors (Lipinski definition) is 2. The zero-order valence-electron chi connectivity index (χ0n) is 17.1. The number of nitrogens with one attached hydrogen (secondary N) is 2. The fraction of sp³-hybridized carbons (Fsp3) is 0.120. The summed E-state index contributed by atoms with van der Waals surface area (Å²) in [7, 11) is 0. The molecule has 7 heteroatoms. The lowest BCUT2D eigenvalue weighted by molar-refractivity contribution is -0.117. The molecule has 0 radical (unpaired) electrons. The summed E-state index contributed by atoms with van der Waals surface area (Å²) in [6.07, 6.45) is 2.30. The van der Waals surface area contributed by atoms with E-state index < -0.39 is 0 Å². The lowest BCUT2D eigenvalue weighted by Crippen LogP contribution is -2.35. The van der Waals surface area contributed by atoms with Gasteiger partial charge in [0.1, 0.15) is 5.70 Å². The van der Waals surface area contributed by atoms with E-state index in [0.717, 1.165) is 10.0 Å². The SMILES string of the molecule is O=C(NCCc1ccccc1)C(=Cc1ccc2c(c1)OCO2)NC(=O)c1cccc(Br)c1.